The van der Waals surface area contributed by atoms with Gasteiger partial charge >= 0.3 is 11.8 Å². The molecule has 0 bridgehead atoms. The zero-order valence-electron chi connectivity index (χ0n) is 13.8. The maximum atomic E-state index is 12.1. The number of nitrogens with one attached hydrogen (secondary N) is 2. The van der Waals surface area contributed by atoms with Gasteiger partial charge in [0.1, 0.15) is 0 Å². The predicted octanol–water partition coefficient (Wildman–Crippen LogP) is 1.30. The summed E-state index contributed by atoms with van der Waals surface area (Å²) in [5.74, 6) is -1.04. The van der Waals surface area contributed by atoms with Gasteiger partial charge in [-0.05, 0) is 35.2 Å². The normalized spacial score (nSPS) is 20.7. The maximum Gasteiger partial charge on any atom is 0.309 e. The molecular weight excluding hydrogens is 326 g/mol. The molecule has 2 N–H and O–H groups in total. The average molecular weight is 351 g/mol. The molecule has 0 radical (unpaired) electrons. The molecule has 1 saturated carbocycles. The minimum atomic E-state index is -0.532. The summed E-state index contributed by atoms with van der Waals surface area (Å²) in [6.45, 7) is 3.52. The molecule has 1 aromatic rings. The molecule has 2 fully saturated rings. The number of morpholine rings is 1. The van der Waals surface area contributed by atoms with E-state index in [2.05, 4.69) is 27.0 Å². The number of carbonyl (C=O) groups excluding carboxylic acids is 2. The van der Waals surface area contributed by atoms with E-state index in [0.29, 0.717) is 19.8 Å². The molecule has 0 aromatic carbocycles. The van der Waals surface area contributed by atoms with Crippen LogP contribution < -0.4 is 10.6 Å². The summed E-state index contributed by atoms with van der Waals surface area (Å²) in [7, 11) is 0. The summed E-state index contributed by atoms with van der Waals surface area (Å²) in [6.07, 6.45) is 4.21. The van der Waals surface area contributed by atoms with Gasteiger partial charge in [-0.15, -0.1) is 0 Å². The van der Waals surface area contributed by atoms with Crippen LogP contribution in [0.4, 0.5) is 0 Å². The third-order valence-corrected chi connectivity index (χ3v) is 5.47. The van der Waals surface area contributed by atoms with E-state index in [1.54, 1.807) is 11.3 Å². The van der Waals surface area contributed by atoms with Crippen molar-refractivity contribution in [2.24, 2.45) is 0 Å². The lowest BCUT2D eigenvalue weighted by atomic mass is 10.1. The molecule has 1 atom stereocenters. The number of hydrogen-bond acceptors (Lipinski definition) is 5. The molecule has 2 aliphatic rings. The molecule has 6 nitrogen and oxygen atoms in total. The molecule has 3 rings (SSSR count). The van der Waals surface area contributed by atoms with Crippen LogP contribution >= 0.6 is 11.3 Å². The number of thiophene rings is 1. The van der Waals surface area contributed by atoms with Gasteiger partial charge in [-0.25, -0.2) is 0 Å². The van der Waals surface area contributed by atoms with Crippen LogP contribution in [0.5, 0.6) is 0 Å². The first-order valence-electron chi connectivity index (χ1n) is 8.66. The summed E-state index contributed by atoms with van der Waals surface area (Å²) < 4.78 is 5.41. The highest BCUT2D eigenvalue weighted by Gasteiger charge is 2.26. The smallest absolute Gasteiger partial charge is 0.309 e. The third kappa shape index (κ3) is 4.55. The van der Waals surface area contributed by atoms with Crippen molar-refractivity contribution in [3.05, 3.63) is 22.4 Å². The van der Waals surface area contributed by atoms with E-state index < -0.39 is 11.8 Å². The Morgan fingerprint density at radius 1 is 1.25 bits per heavy atom. The van der Waals surface area contributed by atoms with Crippen LogP contribution in [0, 0.1) is 0 Å². The molecule has 24 heavy (non-hydrogen) atoms. The van der Waals surface area contributed by atoms with Crippen LogP contribution in [0.3, 0.4) is 0 Å². The second-order valence-corrected chi connectivity index (χ2v) is 7.17. The van der Waals surface area contributed by atoms with E-state index in [1.807, 2.05) is 5.38 Å². The highest BCUT2D eigenvalue weighted by molar-refractivity contribution is 7.07. The largest absolute Gasteiger partial charge is 0.379 e. The minimum Gasteiger partial charge on any atom is -0.379 e. The Balaban J connectivity index is 1.54. The summed E-state index contributed by atoms with van der Waals surface area (Å²) in [5, 5.41) is 9.79. The van der Waals surface area contributed by atoms with Crippen LogP contribution in [0.1, 0.15) is 37.3 Å². The van der Waals surface area contributed by atoms with Gasteiger partial charge < -0.3 is 15.4 Å². The lowest BCUT2D eigenvalue weighted by Gasteiger charge is -2.34. The Hall–Kier alpha value is -1.44. The van der Waals surface area contributed by atoms with Gasteiger partial charge in [0.15, 0.2) is 0 Å². The minimum absolute atomic E-state index is 0.0865. The second-order valence-electron chi connectivity index (χ2n) is 6.39. The SMILES string of the molecule is O=C(NCC(c1ccsc1)N1CCOCC1)C(=O)NC1CCCC1. The van der Waals surface area contributed by atoms with Crippen molar-refractivity contribution < 1.29 is 14.3 Å². The molecule has 1 aliphatic carbocycles. The van der Waals surface area contributed by atoms with Crippen LogP contribution in [0.25, 0.3) is 0 Å². The van der Waals surface area contributed by atoms with Gasteiger partial charge in [-0.3, -0.25) is 14.5 Å². The second kappa shape index (κ2) is 8.60. The molecular formula is C17H25N3O3S. The van der Waals surface area contributed by atoms with Crippen molar-refractivity contribution in [2.75, 3.05) is 32.8 Å². The maximum absolute atomic E-state index is 12.1. The number of amides is 2. The van der Waals surface area contributed by atoms with E-state index in [9.17, 15) is 9.59 Å². The topological polar surface area (TPSA) is 70.7 Å². The molecule has 1 aromatic heterocycles. The highest BCUT2D eigenvalue weighted by Crippen LogP contribution is 2.23. The molecule has 132 valence electrons. The van der Waals surface area contributed by atoms with Crippen molar-refractivity contribution in [1.82, 2.24) is 15.5 Å². The number of carbonyl (C=O) groups is 2. The van der Waals surface area contributed by atoms with Gasteiger partial charge in [0.05, 0.1) is 19.3 Å². The third-order valence-electron chi connectivity index (χ3n) is 4.77. The lowest BCUT2D eigenvalue weighted by Crippen LogP contribution is -2.48. The van der Waals surface area contributed by atoms with E-state index in [4.69, 9.17) is 4.74 Å². The Labute approximate surface area is 146 Å². The van der Waals surface area contributed by atoms with Gasteiger partial charge in [0.2, 0.25) is 0 Å². The van der Waals surface area contributed by atoms with Gasteiger partial charge in [0, 0.05) is 25.7 Å². The van der Waals surface area contributed by atoms with Crippen LogP contribution in [-0.2, 0) is 14.3 Å². The Morgan fingerprint density at radius 3 is 2.67 bits per heavy atom. The predicted molar refractivity (Wildman–Crippen MR) is 92.9 cm³/mol. The standard InChI is InChI=1S/C17H25N3O3S/c21-16(17(22)19-14-3-1-2-4-14)18-11-15(13-5-10-24-12-13)20-6-8-23-9-7-20/h5,10,12,14-15H,1-4,6-9,11H2,(H,18,21)(H,19,22). The first kappa shape index (κ1) is 17.4. The van der Waals surface area contributed by atoms with E-state index in [-0.39, 0.29) is 12.1 Å². The van der Waals surface area contributed by atoms with Crippen LogP contribution in [0.2, 0.25) is 0 Å². The summed E-state index contributed by atoms with van der Waals surface area (Å²) >= 11 is 1.64. The molecule has 0 spiro atoms. The Morgan fingerprint density at radius 2 is 2.00 bits per heavy atom. The van der Waals surface area contributed by atoms with E-state index in [1.165, 1.54) is 5.56 Å². The first-order valence-corrected chi connectivity index (χ1v) is 9.61. The first-order chi connectivity index (χ1) is 11.7. The van der Waals surface area contributed by atoms with Crippen LogP contribution in [-0.4, -0.2) is 55.6 Å². The van der Waals surface area contributed by atoms with Crippen molar-refractivity contribution in [3.8, 4) is 0 Å². The zero-order chi connectivity index (χ0) is 16.8. The molecule has 1 aliphatic heterocycles. The van der Waals surface area contributed by atoms with Crippen molar-refractivity contribution in [3.63, 3.8) is 0 Å². The number of hydrogen-bond donors (Lipinski definition) is 2. The fourth-order valence-corrected chi connectivity index (χ4v) is 4.11. The summed E-state index contributed by atoms with van der Waals surface area (Å²) in [6, 6.07) is 2.33. The molecule has 2 heterocycles. The number of ether oxygens (including phenoxy) is 1. The average Bonchev–Trinajstić information content (AvgIpc) is 3.30. The van der Waals surface area contributed by atoms with Crippen LogP contribution in [0.15, 0.2) is 16.8 Å². The molecule has 2 amide bonds. The zero-order valence-corrected chi connectivity index (χ0v) is 14.6. The number of rotatable bonds is 5. The lowest BCUT2D eigenvalue weighted by molar-refractivity contribution is -0.139. The fourth-order valence-electron chi connectivity index (χ4n) is 3.40. The van der Waals surface area contributed by atoms with Crippen molar-refractivity contribution >= 4 is 23.2 Å². The van der Waals surface area contributed by atoms with Gasteiger partial charge in [0.25, 0.3) is 0 Å². The van der Waals surface area contributed by atoms with E-state index >= 15 is 0 Å². The molecule has 7 heteroatoms. The van der Waals surface area contributed by atoms with Gasteiger partial charge in [-0.1, -0.05) is 12.8 Å². The Bertz CT molecular complexity index is 537. The van der Waals surface area contributed by atoms with Crippen molar-refractivity contribution in [1.29, 1.82) is 0 Å². The fraction of sp³-hybridized carbons (Fsp3) is 0.647. The molecule has 1 saturated heterocycles. The monoisotopic (exact) mass is 351 g/mol. The molecule has 1 unspecified atom stereocenters. The van der Waals surface area contributed by atoms with Gasteiger partial charge in [-0.2, -0.15) is 11.3 Å². The van der Waals surface area contributed by atoms with E-state index in [0.717, 1.165) is 38.8 Å². The summed E-state index contributed by atoms with van der Waals surface area (Å²) in [4.78, 5) is 26.4. The van der Waals surface area contributed by atoms with Crippen molar-refractivity contribution in [2.45, 2.75) is 37.8 Å². The summed E-state index contributed by atoms with van der Waals surface area (Å²) in [5.41, 5.74) is 1.18. The number of nitrogens with zero attached hydrogens (tertiary/aromatic N) is 1. The Kier molecular flexibility index (Phi) is 6.23. The highest BCUT2D eigenvalue weighted by atomic mass is 32.1. The quantitative estimate of drug-likeness (QED) is 0.785.